The second kappa shape index (κ2) is 11.0. The van der Waals surface area contributed by atoms with Crippen molar-refractivity contribution >= 4 is 0 Å². The number of halogens is 6. The van der Waals surface area contributed by atoms with E-state index in [1.807, 2.05) is 6.92 Å². The summed E-state index contributed by atoms with van der Waals surface area (Å²) in [6.45, 7) is 1.93. The molecule has 0 aliphatic rings. The SMILES string of the molecule is CCCC(CCCOc1ccc(C#N)c(C(F)(F)F)c1)Oc1ccc(C#N)c(C(F)(F)F)c1. The first-order chi connectivity index (χ1) is 15.5. The number of hydrogen-bond acceptors (Lipinski definition) is 4. The quantitative estimate of drug-likeness (QED) is 0.296. The van der Waals surface area contributed by atoms with Gasteiger partial charge in [0.1, 0.15) is 11.5 Å². The number of hydrogen-bond donors (Lipinski definition) is 0. The van der Waals surface area contributed by atoms with Gasteiger partial charge in [-0.05, 0) is 55.7 Å². The predicted octanol–water partition coefficient (Wildman–Crippen LogP) is 6.87. The van der Waals surface area contributed by atoms with Gasteiger partial charge in [-0.2, -0.15) is 36.9 Å². The van der Waals surface area contributed by atoms with Crippen LogP contribution in [-0.4, -0.2) is 12.7 Å². The fourth-order valence-corrected chi connectivity index (χ4v) is 3.15. The van der Waals surface area contributed by atoms with Gasteiger partial charge in [-0.3, -0.25) is 0 Å². The van der Waals surface area contributed by atoms with Crippen LogP contribution in [-0.2, 0) is 12.4 Å². The predicted molar refractivity (Wildman–Crippen MR) is 106 cm³/mol. The number of benzene rings is 2. The van der Waals surface area contributed by atoms with E-state index in [4.69, 9.17) is 20.0 Å². The molecule has 0 saturated heterocycles. The van der Waals surface area contributed by atoms with Crippen molar-refractivity contribution in [3.8, 4) is 23.6 Å². The van der Waals surface area contributed by atoms with Gasteiger partial charge in [0.15, 0.2) is 0 Å². The van der Waals surface area contributed by atoms with E-state index < -0.39 is 40.7 Å². The molecule has 10 heteroatoms. The van der Waals surface area contributed by atoms with Crippen molar-refractivity contribution in [3.63, 3.8) is 0 Å². The van der Waals surface area contributed by atoms with Crippen molar-refractivity contribution in [2.24, 2.45) is 0 Å². The molecule has 0 aliphatic carbocycles. The molecule has 0 spiro atoms. The zero-order valence-corrected chi connectivity index (χ0v) is 17.6. The van der Waals surface area contributed by atoms with Gasteiger partial charge in [-0.15, -0.1) is 0 Å². The van der Waals surface area contributed by atoms with E-state index in [9.17, 15) is 26.3 Å². The van der Waals surface area contributed by atoms with Crippen molar-refractivity contribution in [2.75, 3.05) is 6.61 Å². The third kappa shape index (κ3) is 7.31. The van der Waals surface area contributed by atoms with E-state index in [1.54, 1.807) is 0 Å². The maximum atomic E-state index is 13.1. The van der Waals surface area contributed by atoms with Crippen LogP contribution in [0.1, 0.15) is 54.9 Å². The lowest BCUT2D eigenvalue weighted by atomic mass is 10.1. The third-order valence-corrected chi connectivity index (χ3v) is 4.69. The minimum Gasteiger partial charge on any atom is -0.494 e. The molecule has 0 fully saturated rings. The highest BCUT2D eigenvalue weighted by molar-refractivity contribution is 5.45. The van der Waals surface area contributed by atoms with Crippen LogP contribution in [0.4, 0.5) is 26.3 Å². The molecule has 0 amide bonds. The summed E-state index contributed by atoms with van der Waals surface area (Å²) in [4.78, 5) is 0. The van der Waals surface area contributed by atoms with E-state index in [0.717, 1.165) is 24.3 Å². The number of alkyl halides is 6. The first-order valence-corrected chi connectivity index (χ1v) is 10.0. The summed E-state index contributed by atoms with van der Waals surface area (Å²) in [7, 11) is 0. The van der Waals surface area contributed by atoms with Gasteiger partial charge in [-0.25, -0.2) is 0 Å². The molecule has 0 aliphatic heterocycles. The lowest BCUT2D eigenvalue weighted by molar-refractivity contribution is -0.138. The van der Waals surface area contributed by atoms with Crippen molar-refractivity contribution < 1.29 is 35.8 Å². The fourth-order valence-electron chi connectivity index (χ4n) is 3.15. The van der Waals surface area contributed by atoms with Crippen LogP contribution in [0.25, 0.3) is 0 Å². The van der Waals surface area contributed by atoms with Gasteiger partial charge in [0.25, 0.3) is 0 Å². The van der Waals surface area contributed by atoms with Crippen LogP contribution in [0.2, 0.25) is 0 Å². The lowest BCUT2D eigenvalue weighted by Gasteiger charge is -2.20. The number of ether oxygens (including phenoxy) is 2. The fraction of sp³-hybridized carbons (Fsp3) is 0.391. The highest BCUT2D eigenvalue weighted by atomic mass is 19.4. The molecule has 2 rings (SSSR count). The van der Waals surface area contributed by atoms with Gasteiger partial charge in [0, 0.05) is 0 Å². The van der Waals surface area contributed by atoms with Gasteiger partial charge < -0.3 is 9.47 Å². The highest BCUT2D eigenvalue weighted by Crippen LogP contribution is 2.35. The molecular weight excluding hydrogens is 450 g/mol. The molecule has 0 saturated carbocycles. The average molecular weight is 470 g/mol. The van der Waals surface area contributed by atoms with E-state index >= 15 is 0 Å². The van der Waals surface area contributed by atoms with Crippen LogP contribution >= 0.6 is 0 Å². The Hall–Kier alpha value is -3.40. The zero-order valence-electron chi connectivity index (χ0n) is 17.6. The Balaban J connectivity index is 2.01. The second-order valence-corrected chi connectivity index (χ2v) is 7.15. The Morgan fingerprint density at radius 3 is 1.82 bits per heavy atom. The molecular formula is C23H20F6N2O2. The zero-order chi connectivity index (χ0) is 24.6. The molecule has 0 heterocycles. The van der Waals surface area contributed by atoms with Crippen molar-refractivity contribution in [1.82, 2.24) is 0 Å². The number of nitriles is 2. The molecule has 2 aromatic rings. The molecule has 1 atom stereocenters. The molecule has 2 aromatic carbocycles. The summed E-state index contributed by atoms with van der Waals surface area (Å²) in [5, 5.41) is 17.7. The summed E-state index contributed by atoms with van der Waals surface area (Å²) in [6.07, 6.45) is -7.85. The van der Waals surface area contributed by atoms with Crippen LogP contribution < -0.4 is 9.47 Å². The lowest BCUT2D eigenvalue weighted by Crippen LogP contribution is -2.18. The minimum absolute atomic E-state index is 0.0254. The van der Waals surface area contributed by atoms with E-state index in [-0.39, 0.29) is 18.1 Å². The number of nitrogens with zero attached hydrogens (tertiary/aromatic N) is 2. The van der Waals surface area contributed by atoms with Crippen LogP contribution in [0, 0.1) is 22.7 Å². The summed E-state index contributed by atoms with van der Waals surface area (Å²) in [6, 6.07) is 9.18. The standard InChI is InChI=1S/C23H20F6N2O2/c1-2-4-17(33-19-9-7-16(14-31)21(12-19)23(27,28)29)5-3-10-32-18-8-6-15(13-30)20(11-18)22(24,25)26/h6-9,11-12,17H,2-5,10H2,1H3. The van der Waals surface area contributed by atoms with Gasteiger partial charge >= 0.3 is 12.4 Å². The Labute approximate surface area is 187 Å². The van der Waals surface area contributed by atoms with Gasteiger partial charge in [0.05, 0.1) is 47.1 Å². The molecule has 1 unspecified atom stereocenters. The Morgan fingerprint density at radius 2 is 1.33 bits per heavy atom. The Kier molecular flexibility index (Phi) is 8.58. The minimum atomic E-state index is -4.70. The maximum absolute atomic E-state index is 13.1. The van der Waals surface area contributed by atoms with Crippen LogP contribution in [0.5, 0.6) is 11.5 Å². The molecule has 176 valence electrons. The van der Waals surface area contributed by atoms with Crippen molar-refractivity contribution in [2.45, 2.75) is 51.1 Å². The summed E-state index contributed by atoms with van der Waals surface area (Å²) in [5.41, 5.74) is -3.18. The summed E-state index contributed by atoms with van der Waals surface area (Å²) in [5.74, 6) is -0.0706. The van der Waals surface area contributed by atoms with E-state index in [2.05, 4.69) is 0 Å². The van der Waals surface area contributed by atoms with Gasteiger partial charge in [-0.1, -0.05) is 13.3 Å². The molecule has 0 radical (unpaired) electrons. The smallest absolute Gasteiger partial charge is 0.417 e. The number of rotatable bonds is 9. The second-order valence-electron chi connectivity index (χ2n) is 7.15. The Bertz CT molecular complexity index is 1040. The van der Waals surface area contributed by atoms with Crippen LogP contribution in [0.3, 0.4) is 0 Å². The Morgan fingerprint density at radius 1 is 0.818 bits per heavy atom. The first kappa shape index (κ1) is 25.9. The molecule has 4 nitrogen and oxygen atoms in total. The molecule has 0 N–H and O–H groups in total. The molecule has 0 aromatic heterocycles. The van der Waals surface area contributed by atoms with Gasteiger partial charge in [0.2, 0.25) is 0 Å². The van der Waals surface area contributed by atoms with Crippen molar-refractivity contribution in [3.05, 3.63) is 58.7 Å². The van der Waals surface area contributed by atoms with Crippen LogP contribution in [0.15, 0.2) is 36.4 Å². The topological polar surface area (TPSA) is 66.0 Å². The molecule has 33 heavy (non-hydrogen) atoms. The normalized spacial score (nSPS) is 12.5. The highest BCUT2D eigenvalue weighted by Gasteiger charge is 2.35. The third-order valence-electron chi connectivity index (χ3n) is 4.69. The van der Waals surface area contributed by atoms with E-state index in [0.29, 0.717) is 25.7 Å². The first-order valence-electron chi connectivity index (χ1n) is 10.0. The summed E-state index contributed by atoms with van der Waals surface area (Å²) < 4.78 is 89.6. The maximum Gasteiger partial charge on any atom is 0.417 e. The van der Waals surface area contributed by atoms with E-state index in [1.165, 1.54) is 24.3 Å². The largest absolute Gasteiger partial charge is 0.494 e. The monoisotopic (exact) mass is 470 g/mol. The molecule has 0 bridgehead atoms. The van der Waals surface area contributed by atoms with Crippen molar-refractivity contribution in [1.29, 1.82) is 10.5 Å². The average Bonchev–Trinajstić information content (AvgIpc) is 2.75. The summed E-state index contributed by atoms with van der Waals surface area (Å²) >= 11 is 0.